The maximum atomic E-state index is 13.2. The summed E-state index contributed by atoms with van der Waals surface area (Å²) >= 11 is 5.95. The molecule has 0 atom stereocenters. The Balaban J connectivity index is 1.77. The van der Waals surface area contributed by atoms with Crippen LogP contribution in [0.5, 0.6) is 0 Å². The van der Waals surface area contributed by atoms with Gasteiger partial charge < -0.3 is 9.80 Å². The number of amides is 1. The van der Waals surface area contributed by atoms with Gasteiger partial charge in [0.2, 0.25) is 0 Å². The fourth-order valence-corrected chi connectivity index (χ4v) is 3.43. The largest absolute Gasteiger partial charge is 0.417 e. The molecule has 1 heterocycles. The van der Waals surface area contributed by atoms with Crippen LogP contribution in [0.25, 0.3) is 0 Å². The van der Waals surface area contributed by atoms with Crippen molar-refractivity contribution in [2.45, 2.75) is 12.6 Å². The lowest BCUT2D eigenvalue weighted by Gasteiger charge is -2.25. The number of benzene rings is 2. The fourth-order valence-electron chi connectivity index (χ4n) is 3.24. The van der Waals surface area contributed by atoms with E-state index < -0.39 is 17.3 Å². The molecule has 0 radical (unpaired) electrons. The van der Waals surface area contributed by atoms with E-state index in [2.05, 4.69) is 0 Å². The first-order valence-corrected chi connectivity index (χ1v) is 9.08. The van der Waals surface area contributed by atoms with Gasteiger partial charge in [0.1, 0.15) is 0 Å². The van der Waals surface area contributed by atoms with Crippen LogP contribution in [0.3, 0.4) is 0 Å². The van der Waals surface area contributed by atoms with Gasteiger partial charge in [0.15, 0.2) is 0 Å². The van der Waals surface area contributed by atoms with Crippen LogP contribution in [-0.2, 0) is 6.18 Å². The van der Waals surface area contributed by atoms with Crippen molar-refractivity contribution in [3.05, 3.63) is 64.2 Å². The Morgan fingerprint density at radius 3 is 2.54 bits per heavy atom. The van der Waals surface area contributed by atoms with Crippen molar-refractivity contribution in [2.24, 2.45) is 0 Å². The van der Waals surface area contributed by atoms with E-state index in [4.69, 9.17) is 16.9 Å². The lowest BCUT2D eigenvalue weighted by molar-refractivity contribution is -0.137. The SMILES string of the molecule is N#Cc1ccc(N2CCCN(C(=O)c3cccc(Cl)c3)CC2)cc1C(F)(F)F. The molecule has 1 fully saturated rings. The summed E-state index contributed by atoms with van der Waals surface area (Å²) in [5.41, 5.74) is -0.463. The normalized spacial score (nSPS) is 15.1. The van der Waals surface area contributed by atoms with Crippen molar-refractivity contribution in [3.63, 3.8) is 0 Å². The number of nitrogens with zero attached hydrogens (tertiary/aromatic N) is 3. The quantitative estimate of drug-likeness (QED) is 0.732. The number of carbonyl (C=O) groups excluding carboxylic acids is 1. The summed E-state index contributed by atoms with van der Waals surface area (Å²) in [6, 6.07) is 12.0. The zero-order chi connectivity index (χ0) is 20.3. The van der Waals surface area contributed by atoms with Crippen LogP contribution in [0.2, 0.25) is 5.02 Å². The topological polar surface area (TPSA) is 47.3 Å². The van der Waals surface area contributed by atoms with Crippen LogP contribution in [0.15, 0.2) is 42.5 Å². The molecule has 8 heteroatoms. The molecule has 2 aromatic carbocycles. The standard InChI is InChI=1S/C20H17ClF3N3O/c21-16-4-1-3-14(11-16)19(28)27-8-2-7-26(9-10-27)17-6-5-15(13-25)18(12-17)20(22,23)24/h1,3-6,11-12H,2,7-10H2. The summed E-state index contributed by atoms with van der Waals surface area (Å²) in [7, 11) is 0. The summed E-state index contributed by atoms with van der Waals surface area (Å²) in [6.45, 7) is 1.80. The molecule has 0 unspecified atom stereocenters. The van der Waals surface area contributed by atoms with Crippen molar-refractivity contribution < 1.29 is 18.0 Å². The van der Waals surface area contributed by atoms with E-state index in [0.717, 1.165) is 6.07 Å². The molecule has 0 spiro atoms. The molecule has 0 N–H and O–H groups in total. The number of anilines is 1. The second kappa shape index (κ2) is 8.11. The van der Waals surface area contributed by atoms with Crippen molar-refractivity contribution >= 4 is 23.2 Å². The van der Waals surface area contributed by atoms with Crippen molar-refractivity contribution in [1.82, 2.24) is 4.90 Å². The molecule has 1 aliphatic rings. The number of rotatable bonds is 2. The van der Waals surface area contributed by atoms with Crippen LogP contribution in [0.1, 0.15) is 27.9 Å². The molecule has 0 aromatic heterocycles. The Bertz CT molecular complexity index is 924. The highest BCUT2D eigenvalue weighted by Gasteiger charge is 2.34. The third-order valence-electron chi connectivity index (χ3n) is 4.65. The van der Waals surface area contributed by atoms with Gasteiger partial charge in [-0.25, -0.2) is 0 Å². The zero-order valence-electron chi connectivity index (χ0n) is 14.8. The summed E-state index contributed by atoms with van der Waals surface area (Å²) in [4.78, 5) is 16.2. The first-order valence-electron chi connectivity index (χ1n) is 8.71. The van der Waals surface area contributed by atoms with Gasteiger partial charge in [0, 0.05) is 42.5 Å². The average molecular weight is 408 g/mol. The van der Waals surface area contributed by atoms with Crippen molar-refractivity contribution in [2.75, 3.05) is 31.1 Å². The van der Waals surface area contributed by atoms with Crippen LogP contribution in [0.4, 0.5) is 18.9 Å². The predicted octanol–water partition coefficient (Wildman–Crippen LogP) is 4.58. The van der Waals surface area contributed by atoms with Gasteiger partial charge in [-0.05, 0) is 42.8 Å². The van der Waals surface area contributed by atoms with Gasteiger partial charge in [-0.15, -0.1) is 0 Å². The highest BCUT2D eigenvalue weighted by Crippen LogP contribution is 2.34. The van der Waals surface area contributed by atoms with Crippen LogP contribution < -0.4 is 4.90 Å². The molecule has 2 aromatic rings. The van der Waals surface area contributed by atoms with E-state index in [1.165, 1.54) is 12.1 Å². The predicted molar refractivity (Wildman–Crippen MR) is 100 cm³/mol. The molecular formula is C20H17ClF3N3O. The zero-order valence-corrected chi connectivity index (χ0v) is 15.6. The Hall–Kier alpha value is -2.72. The highest BCUT2D eigenvalue weighted by atomic mass is 35.5. The van der Waals surface area contributed by atoms with Gasteiger partial charge >= 0.3 is 6.18 Å². The second-order valence-corrected chi connectivity index (χ2v) is 6.92. The third kappa shape index (κ3) is 4.39. The smallest absolute Gasteiger partial charge is 0.370 e. The number of halogens is 4. The number of hydrogen-bond donors (Lipinski definition) is 0. The van der Waals surface area contributed by atoms with Gasteiger partial charge in [-0.1, -0.05) is 17.7 Å². The molecule has 1 saturated heterocycles. The molecule has 4 nitrogen and oxygen atoms in total. The maximum absolute atomic E-state index is 13.2. The number of hydrogen-bond acceptors (Lipinski definition) is 3. The lowest BCUT2D eigenvalue weighted by atomic mass is 10.1. The number of nitriles is 1. The summed E-state index contributed by atoms with van der Waals surface area (Å²) in [6.07, 6.45) is -3.98. The molecule has 146 valence electrons. The first kappa shape index (κ1) is 20.0. The Kier molecular flexibility index (Phi) is 5.80. The van der Waals surface area contributed by atoms with E-state index in [1.807, 2.05) is 4.90 Å². The van der Waals surface area contributed by atoms with E-state index in [9.17, 15) is 18.0 Å². The second-order valence-electron chi connectivity index (χ2n) is 6.48. The van der Waals surface area contributed by atoms with Gasteiger partial charge in [0.05, 0.1) is 17.2 Å². The summed E-state index contributed by atoms with van der Waals surface area (Å²) < 4.78 is 39.7. The minimum Gasteiger partial charge on any atom is -0.370 e. The molecule has 1 aliphatic heterocycles. The van der Waals surface area contributed by atoms with E-state index in [-0.39, 0.29) is 5.91 Å². The average Bonchev–Trinajstić information content (AvgIpc) is 2.92. The van der Waals surface area contributed by atoms with E-state index in [1.54, 1.807) is 35.2 Å². The van der Waals surface area contributed by atoms with Crippen molar-refractivity contribution in [1.29, 1.82) is 5.26 Å². The first-order chi connectivity index (χ1) is 13.3. The molecular weight excluding hydrogens is 391 g/mol. The molecule has 0 saturated carbocycles. The van der Waals surface area contributed by atoms with E-state index >= 15 is 0 Å². The molecule has 1 amide bonds. The van der Waals surface area contributed by atoms with Gasteiger partial charge in [-0.2, -0.15) is 18.4 Å². The maximum Gasteiger partial charge on any atom is 0.417 e. The van der Waals surface area contributed by atoms with Crippen LogP contribution >= 0.6 is 11.6 Å². The highest BCUT2D eigenvalue weighted by molar-refractivity contribution is 6.30. The summed E-state index contributed by atoms with van der Waals surface area (Å²) in [5.74, 6) is -0.153. The van der Waals surface area contributed by atoms with Crippen LogP contribution in [0, 0.1) is 11.3 Å². The third-order valence-corrected chi connectivity index (χ3v) is 4.88. The van der Waals surface area contributed by atoms with Crippen molar-refractivity contribution in [3.8, 4) is 6.07 Å². The minimum atomic E-state index is -4.60. The summed E-state index contributed by atoms with van der Waals surface area (Å²) in [5, 5.41) is 9.41. The monoisotopic (exact) mass is 407 g/mol. The number of carbonyl (C=O) groups is 1. The fraction of sp³-hybridized carbons (Fsp3) is 0.300. The minimum absolute atomic E-state index is 0.153. The van der Waals surface area contributed by atoms with E-state index in [0.29, 0.717) is 48.9 Å². The Labute approximate surface area is 165 Å². The molecule has 28 heavy (non-hydrogen) atoms. The molecule has 0 aliphatic carbocycles. The van der Waals surface area contributed by atoms with Gasteiger partial charge in [0.25, 0.3) is 5.91 Å². The molecule has 0 bridgehead atoms. The lowest BCUT2D eigenvalue weighted by Crippen LogP contribution is -2.35. The molecule has 3 rings (SSSR count). The Morgan fingerprint density at radius 1 is 1.07 bits per heavy atom. The number of alkyl halides is 3. The van der Waals surface area contributed by atoms with Crippen LogP contribution in [-0.4, -0.2) is 37.0 Å². The Morgan fingerprint density at radius 2 is 1.86 bits per heavy atom. The van der Waals surface area contributed by atoms with Gasteiger partial charge in [-0.3, -0.25) is 4.79 Å².